The number of nitrogens with two attached hydrogens (primary N) is 1. The molecule has 0 aliphatic rings. The van der Waals surface area contributed by atoms with Crippen LogP contribution in [0.5, 0.6) is 0 Å². The molecule has 4 rings (SSSR count). The molecule has 0 amide bonds. The monoisotopic (exact) mass is 465 g/mol. The summed E-state index contributed by atoms with van der Waals surface area (Å²) in [4.78, 5) is 21.8. The molecule has 3 heterocycles. The maximum absolute atomic E-state index is 13.6. The minimum atomic E-state index is -4.78. The topological polar surface area (TPSA) is 94.9 Å². The maximum atomic E-state index is 13.6. The number of carbonyl (C=O) groups excluding carboxylic acids is 1. The summed E-state index contributed by atoms with van der Waals surface area (Å²) in [7, 11) is 0. The van der Waals surface area contributed by atoms with Gasteiger partial charge in [-0.1, -0.05) is 53.2 Å². The number of alkyl halides is 3. The molecule has 2 N–H and O–H groups in total. The first-order chi connectivity index (χ1) is 14.8. The zero-order chi connectivity index (χ0) is 22.2. The van der Waals surface area contributed by atoms with Crippen LogP contribution in [0.2, 0.25) is 5.02 Å². The summed E-state index contributed by atoms with van der Waals surface area (Å²) >= 11 is 7.36. The number of halogens is 4. The van der Waals surface area contributed by atoms with E-state index in [2.05, 4.69) is 15.2 Å². The minimum absolute atomic E-state index is 0.0443. The van der Waals surface area contributed by atoms with E-state index in [1.165, 1.54) is 11.3 Å². The van der Waals surface area contributed by atoms with Crippen LogP contribution in [0.1, 0.15) is 21.7 Å². The van der Waals surface area contributed by atoms with Gasteiger partial charge in [0, 0.05) is 5.56 Å². The van der Waals surface area contributed by atoms with E-state index in [1.807, 2.05) is 0 Å². The molecule has 0 bridgehead atoms. The lowest BCUT2D eigenvalue weighted by Gasteiger charge is -2.10. The van der Waals surface area contributed by atoms with Crippen LogP contribution < -0.4 is 5.73 Å². The van der Waals surface area contributed by atoms with Crippen LogP contribution in [0, 0.1) is 0 Å². The summed E-state index contributed by atoms with van der Waals surface area (Å²) in [5.41, 5.74) is 4.21. The molecule has 0 atom stereocenters. The molecule has 158 valence electrons. The number of benzene rings is 1. The van der Waals surface area contributed by atoms with Gasteiger partial charge in [-0.2, -0.15) is 18.3 Å². The molecule has 0 spiro atoms. The Kier molecular flexibility index (Phi) is 5.38. The van der Waals surface area contributed by atoms with Gasteiger partial charge in [0.25, 0.3) is 0 Å². The third-order valence-corrected chi connectivity index (χ3v) is 5.33. The van der Waals surface area contributed by atoms with Gasteiger partial charge in [-0.05, 0) is 17.5 Å². The molecular formula is C19H11ClF3N5O2S. The Hall–Kier alpha value is -3.44. The number of hydrogen-bond acceptors (Lipinski definition) is 6. The van der Waals surface area contributed by atoms with Crippen molar-refractivity contribution in [3.05, 3.63) is 75.9 Å². The van der Waals surface area contributed by atoms with Crippen molar-refractivity contribution in [1.29, 1.82) is 0 Å². The van der Waals surface area contributed by atoms with E-state index in [0.717, 1.165) is 6.07 Å². The van der Waals surface area contributed by atoms with Crippen LogP contribution in [0.4, 0.5) is 13.2 Å². The standard InChI is InChI=1S/C19H11ClF3N5O2S/c20-14-15(18(29)30-27-16(24)10-5-2-1-3-6-10)26-28-13(19(21,22)23)9-11(25-17(14)28)12-7-4-8-31-12/h1-9H,(H2,24,27). The zero-order valence-electron chi connectivity index (χ0n) is 15.3. The maximum Gasteiger partial charge on any atom is 0.433 e. The van der Waals surface area contributed by atoms with Crippen molar-refractivity contribution in [1.82, 2.24) is 14.6 Å². The van der Waals surface area contributed by atoms with Gasteiger partial charge in [0.2, 0.25) is 0 Å². The van der Waals surface area contributed by atoms with Gasteiger partial charge in [-0.25, -0.2) is 14.3 Å². The predicted molar refractivity (Wildman–Crippen MR) is 109 cm³/mol. The fraction of sp³-hybridized carbons (Fsp3) is 0.0526. The lowest BCUT2D eigenvalue weighted by Crippen LogP contribution is -2.16. The highest BCUT2D eigenvalue weighted by Crippen LogP contribution is 2.35. The number of rotatable bonds is 4. The minimum Gasteiger partial charge on any atom is -0.380 e. The third kappa shape index (κ3) is 4.09. The van der Waals surface area contributed by atoms with Crippen LogP contribution in [-0.2, 0) is 11.0 Å². The number of oxime groups is 1. The van der Waals surface area contributed by atoms with E-state index in [9.17, 15) is 18.0 Å². The summed E-state index contributed by atoms with van der Waals surface area (Å²) in [5, 5.41) is 8.48. The van der Waals surface area contributed by atoms with Crippen molar-refractivity contribution in [3.63, 3.8) is 0 Å². The highest BCUT2D eigenvalue weighted by Gasteiger charge is 2.37. The molecule has 3 aromatic heterocycles. The second-order valence-corrected chi connectivity index (χ2v) is 7.45. The van der Waals surface area contributed by atoms with Gasteiger partial charge in [0.15, 0.2) is 22.9 Å². The first-order valence-corrected chi connectivity index (χ1v) is 9.82. The molecule has 0 unspecified atom stereocenters. The molecule has 0 aliphatic carbocycles. The van der Waals surface area contributed by atoms with E-state index in [-0.39, 0.29) is 17.2 Å². The molecule has 31 heavy (non-hydrogen) atoms. The first kappa shape index (κ1) is 20.8. The summed E-state index contributed by atoms with van der Waals surface area (Å²) < 4.78 is 41.4. The lowest BCUT2D eigenvalue weighted by molar-refractivity contribution is -0.142. The van der Waals surface area contributed by atoms with Crippen LogP contribution in [-0.4, -0.2) is 26.4 Å². The fourth-order valence-corrected chi connectivity index (χ4v) is 3.59. The zero-order valence-corrected chi connectivity index (χ0v) is 16.9. The molecule has 7 nitrogen and oxygen atoms in total. The quantitative estimate of drug-likeness (QED) is 0.205. The van der Waals surface area contributed by atoms with Crippen LogP contribution in [0.25, 0.3) is 16.2 Å². The Labute approximate surface area is 181 Å². The van der Waals surface area contributed by atoms with Crippen molar-refractivity contribution in [3.8, 4) is 10.6 Å². The Morgan fingerprint density at radius 1 is 1.19 bits per heavy atom. The number of carbonyl (C=O) groups is 1. The Balaban J connectivity index is 1.75. The van der Waals surface area contributed by atoms with Gasteiger partial charge in [0.05, 0.1) is 10.6 Å². The first-order valence-electron chi connectivity index (χ1n) is 8.56. The number of hydrogen-bond donors (Lipinski definition) is 1. The number of amidine groups is 1. The second kappa shape index (κ2) is 8.00. The normalized spacial score (nSPS) is 12.3. The number of thiophene rings is 1. The van der Waals surface area contributed by atoms with Crippen molar-refractivity contribution in [2.75, 3.05) is 0 Å². The molecule has 1 aromatic carbocycles. The second-order valence-electron chi connectivity index (χ2n) is 6.12. The van der Waals surface area contributed by atoms with Crippen molar-refractivity contribution >= 4 is 40.4 Å². The summed E-state index contributed by atoms with van der Waals surface area (Å²) in [6.45, 7) is 0. The van der Waals surface area contributed by atoms with Crippen molar-refractivity contribution in [2.45, 2.75) is 6.18 Å². The predicted octanol–water partition coefficient (Wildman–Crippen LogP) is 4.61. The summed E-state index contributed by atoms with van der Waals surface area (Å²) in [5.74, 6) is -1.29. The van der Waals surface area contributed by atoms with E-state index < -0.39 is 28.6 Å². The molecule has 4 aromatic rings. The Bertz CT molecular complexity index is 1290. The Morgan fingerprint density at radius 3 is 2.58 bits per heavy atom. The highest BCUT2D eigenvalue weighted by molar-refractivity contribution is 7.13. The molecule has 0 saturated carbocycles. The van der Waals surface area contributed by atoms with Gasteiger partial charge in [-0.15, -0.1) is 11.3 Å². The van der Waals surface area contributed by atoms with Crippen LogP contribution >= 0.6 is 22.9 Å². The average molecular weight is 466 g/mol. The van der Waals surface area contributed by atoms with Crippen LogP contribution in [0.15, 0.2) is 59.1 Å². The molecule has 0 saturated heterocycles. The third-order valence-electron chi connectivity index (χ3n) is 4.09. The van der Waals surface area contributed by atoms with E-state index in [1.54, 1.807) is 47.8 Å². The Morgan fingerprint density at radius 2 is 1.94 bits per heavy atom. The molecule has 12 heteroatoms. The molecule has 0 aliphatic heterocycles. The van der Waals surface area contributed by atoms with Gasteiger partial charge < -0.3 is 10.6 Å². The van der Waals surface area contributed by atoms with Gasteiger partial charge in [-0.3, -0.25) is 0 Å². The smallest absolute Gasteiger partial charge is 0.380 e. The van der Waals surface area contributed by atoms with E-state index in [4.69, 9.17) is 22.2 Å². The van der Waals surface area contributed by atoms with E-state index >= 15 is 0 Å². The van der Waals surface area contributed by atoms with Gasteiger partial charge >= 0.3 is 12.1 Å². The van der Waals surface area contributed by atoms with Crippen molar-refractivity contribution < 1.29 is 22.8 Å². The fourth-order valence-electron chi connectivity index (χ4n) is 2.67. The van der Waals surface area contributed by atoms with Crippen LogP contribution in [0.3, 0.4) is 0 Å². The van der Waals surface area contributed by atoms with Crippen molar-refractivity contribution in [2.24, 2.45) is 10.9 Å². The van der Waals surface area contributed by atoms with Gasteiger partial charge in [0.1, 0.15) is 5.02 Å². The molecule has 0 fully saturated rings. The number of aromatic nitrogens is 3. The molecule has 0 radical (unpaired) electrons. The largest absolute Gasteiger partial charge is 0.433 e. The SMILES string of the molecule is N/C(=N\OC(=O)c1nn2c(C(F)(F)F)cc(-c3cccs3)nc2c1Cl)c1ccccc1. The lowest BCUT2D eigenvalue weighted by atomic mass is 10.2. The molecular weight excluding hydrogens is 455 g/mol. The number of nitrogens with zero attached hydrogens (tertiary/aromatic N) is 4. The van der Waals surface area contributed by atoms with E-state index in [0.29, 0.717) is 15.0 Å². The number of fused-ring (bicyclic) bond motifs is 1. The average Bonchev–Trinajstić information content (AvgIpc) is 3.40. The highest BCUT2D eigenvalue weighted by atomic mass is 35.5. The summed E-state index contributed by atoms with van der Waals surface area (Å²) in [6.07, 6.45) is -4.78. The summed E-state index contributed by atoms with van der Waals surface area (Å²) in [6, 6.07) is 12.6.